The van der Waals surface area contributed by atoms with E-state index in [9.17, 15) is 14.7 Å². The van der Waals surface area contributed by atoms with Gasteiger partial charge in [0.2, 0.25) is 0 Å². The standard InChI is InChI=1S/C17H24O5/c1-4-5-6-7-10-11(9-18)14-17(15(22-17)13(10)20)8-12(19)16(2,3)21-14/h9,12,14-15,19H,4-8H2,1-3H3/t12-,14-,15-,17+/m1/s1. The van der Waals surface area contributed by atoms with Crippen LogP contribution < -0.4 is 0 Å². The van der Waals surface area contributed by atoms with Crippen molar-refractivity contribution in [2.45, 2.75) is 82.4 Å². The zero-order chi connectivity index (χ0) is 16.1. The molecule has 3 rings (SSSR count). The molecule has 0 saturated carbocycles. The monoisotopic (exact) mass is 308 g/mol. The molecule has 0 aromatic rings. The predicted molar refractivity (Wildman–Crippen MR) is 79.4 cm³/mol. The van der Waals surface area contributed by atoms with Crippen LogP contribution in [0.5, 0.6) is 0 Å². The van der Waals surface area contributed by atoms with E-state index in [1.807, 2.05) is 0 Å². The van der Waals surface area contributed by atoms with Crippen LogP contribution in [0.15, 0.2) is 11.1 Å². The number of ether oxygens (including phenoxy) is 2. The molecule has 0 radical (unpaired) electrons. The highest BCUT2D eigenvalue weighted by Crippen LogP contribution is 2.56. The van der Waals surface area contributed by atoms with E-state index >= 15 is 0 Å². The van der Waals surface area contributed by atoms with Gasteiger partial charge in [-0.15, -0.1) is 0 Å². The first kappa shape index (κ1) is 15.8. The molecule has 5 nitrogen and oxygen atoms in total. The number of hydrogen-bond donors (Lipinski definition) is 1. The van der Waals surface area contributed by atoms with Crippen molar-refractivity contribution < 1.29 is 24.2 Å². The molecule has 2 heterocycles. The van der Waals surface area contributed by atoms with Gasteiger partial charge in [-0.2, -0.15) is 0 Å². The van der Waals surface area contributed by atoms with E-state index in [0.717, 1.165) is 25.5 Å². The smallest absolute Gasteiger partial charge is 0.191 e. The number of unbranched alkanes of at least 4 members (excludes halogenated alkanes) is 2. The Labute approximate surface area is 130 Å². The van der Waals surface area contributed by atoms with E-state index in [4.69, 9.17) is 9.47 Å². The molecule has 1 N–H and O–H groups in total. The Morgan fingerprint density at radius 1 is 1.27 bits per heavy atom. The van der Waals surface area contributed by atoms with Crippen LogP contribution in [0.1, 0.15) is 52.9 Å². The Kier molecular flexibility index (Phi) is 3.78. The first-order valence-electron chi connectivity index (χ1n) is 8.13. The molecule has 1 spiro atoms. The highest BCUT2D eigenvalue weighted by atomic mass is 16.7. The van der Waals surface area contributed by atoms with Gasteiger partial charge in [0.25, 0.3) is 0 Å². The number of rotatable bonds is 5. The lowest BCUT2D eigenvalue weighted by Crippen LogP contribution is -2.58. The number of ketones is 1. The predicted octanol–water partition coefficient (Wildman–Crippen LogP) is 1.71. The molecule has 4 atom stereocenters. The fourth-order valence-corrected chi connectivity index (χ4v) is 3.69. The number of epoxide rings is 1. The lowest BCUT2D eigenvalue weighted by atomic mass is 9.73. The summed E-state index contributed by atoms with van der Waals surface area (Å²) in [6.45, 7) is 5.70. The van der Waals surface area contributed by atoms with E-state index in [1.54, 1.807) is 13.8 Å². The first-order valence-corrected chi connectivity index (χ1v) is 8.13. The second-order valence-electron chi connectivity index (χ2n) is 7.15. The molecular weight excluding hydrogens is 284 g/mol. The normalized spacial score (nSPS) is 39.3. The van der Waals surface area contributed by atoms with E-state index < -0.39 is 29.5 Å². The summed E-state index contributed by atoms with van der Waals surface area (Å²) in [7, 11) is 0. The van der Waals surface area contributed by atoms with Gasteiger partial charge in [-0.25, -0.2) is 0 Å². The zero-order valence-corrected chi connectivity index (χ0v) is 13.4. The Hall–Kier alpha value is -1.04. The van der Waals surface area contributed by atoms with Crippen LogP contribution >= 0.6 is 0 Å². The molecule has 22 heavy (non-hydrogen) atoms. The van der Waals surface area contributed by atoms with Crippen molar-refractivity contribution in [3.8, 4) is 0 Å². The van der Waals surface area contributed by atoms with Gasteiger partial charge in [-0.3, -0.25) is 9.59 Å². The number of hydrogen-bond acceptors (Lipinski definition) is 5. The Balaban J connectivity index is 1.94. The molecule has 3 aliphatic rings. The maximum atomic E-state index is 12.6. The SMILES string of the molecule is CCCCCC1=C(C=O)[C@H]2OC(C)(C)[C@H](O)C[C@]23O[C@@H]3C1=O. The fraction of sp³-hybridized carbons (Fsp3) is 0.765. The summed E-state index contributed by atoms with van der Waals surface area (Å²) in [6.07, 6.45) is 2.84. The molecule has 2 fully saturated rings. The largest absolute Gasteiger partial charge is 0.390 e. The number of Topliss-reactive ketones (excluding diaryl/α,β-unsaturated/α-hetero) is 1. The van der Waals surface area contributed by atoms with Crippen LogP contribution in [-0.4, -0.2) is 46.7 Å². The zero-order valence-electron chi connectivity index (χ0n) is 13.4. The number of aliphatic hydroxyl groups is 1. The quantitative estimate of drug-likeness (QED) is 0.475. The highest BCUT2D eigenvalue weighted by molar-refractivity contribution is 6.08. The Morgan fingerprint density at radius 3 is 2.64 bits per heavy atom. The summed E-state index contributed by atoms with van der Waals surface area (Å²) >= 11 is 0. The molecule has 5 heteroatoms. The first-order chi connectivity index (χ1) is 10.4. The minimum Gasteiger partial charge on any atom is -0.390 e. The second-order valence-corrected chi connectivity index (χ2v) is 7.15. The minimum atomic E-state index is -0.823. The average Bonchev–Trinajstić information content (AvgIpc) is 3.18. The van der Waals surface area contributed by atoms with E-state index in [-0.39, 0.29) is 5.78 Å². The molecule has 0 bridgehead atoms. The summed E-state index contributed by atoms with van der Waals surface area (Å²) in [5.41, 5.74) is -0.583. The molecular formula is C17H24O5. The van der Waals surface area contributed by atoms with E-state index in [2.05, 4.69) is 6.92 Å². The number of aldehydes is 1. The van der Waals surface area contributed by atoms with Crippen molar-refractivity contribution in [1.82, 2.24) is 0 Å². The van der Waals surface area contributed by atoms with Crippen molar-refractivity contribution in [1.29, 1.82) is 0 Å². The van der Waals surface area contributed by atoms with Gasteiger partial charge < -0.3 is 14.6 Å². The van der Waals surface area contributed by atoms with Crippen LogP contribution in [0.3, 0.4) is 0 Å². The number of aliphatic hydroxyl groups excluding tert-OH is 1. The van der Waals surface area contributed by atoms with Crippen molar-refractivity contribution in [3.63, 3.8) is 0 Å². The lowest BCUT2D eigenvalue weighted by Gasteiger charge is -2.45. The maximum absolute atomic E-state index is 12.6. The molecule has 0 unspecified atom stereocenters. The Morgan fingerprint density at radius 2 is 2.00 bits per heavy atom. The number of carbonyl (C=O) groups excluding carboxylic acids is 2. The third-order valence-electron chi connectivity index (χ3n) is 5.23. The summed E-state index contributed by atoms with van der Waals surface area (Å²) in [6, 6.07) is 0. The average molecular weight is 308 g/mol. The van der Waals surface area contributed by atoms with Gasteiger partial charge in [-0.1, -0.05) is 19.8 Å². The molecule has 0 aromatic carbocycles. The van der Waals surface area contributed by atoms with Gasteiger partial charge in [-0.05, 0) is 26.7 Å². The van der Waals surface area contributed by atoms with Gasteiger partial charge >= 0.3 is 0 Å². The van der Waals surface area contributed by atoms with Crippen LogP contribution in [0.25, 0.3) is 0 Å². The highest BCUT2D eigenvalue weighted by Gasteiger charge is 2.73. The molecule has 122 valence electrons. The fourth-order valence-electron chi connectivity index (χ4n) is 3.69. The van der Waals surface area contributed by atoms with E-state index in [1.165, 1.54) is 0 Å². The van der Waals surface area contributed by atoms with E-state index in [0.29, 0.717) is 24.0 Å². The molecule has 2 aliphatic heterocycles. The summed E-state index contributed by atoms with van der Waals surface area (Å²) < 4.78 is 11.7. The van der Waals surface area contributed by atoms with Crippen molar-refractivity contribution in [3.05, 3.63) is 11.1 Å². The van der Waals surface area contributed by atoms with Crippen molar-refractivity contribution in [2.24, 2.45) is 0 Å². The van der Waals surface area contributed by atoms with Crippen LogP contribution in [0.4, 0.5) is 0 Å². The molecule has 1 aliphatic carbocycles. The third-order valence-corrected chi connectivity index (χ3v) is 5.23. The van der Waals surface area contributed by atoms with Gasteiger partial charge in [0, 0.05) is 17.6 Å². The molecule has 2 saturated heterocycles. The van der Waals surface area contributed by atoms with Crippen molar-refractivity contribution >= 4 is 12.1 Å². The molecule has 0 amide bonds. The minimum absolute atomic E-state index is 0.0926. The molecule has 0 aromatic heterocycles. The topological polar surface area (TPSA) is 76.1 Å². The van der Waals surface area contributed by atoms with Gasteiger partial charge in [0.1, 0.15) is 18.0 Å². The van der Waals surface area contributed by atoms with Gasteiger partial charge in [0.05, 0.1) is 11.7 Å². The third kappa shape index (κ3) is 2.18. The van der Waals surface area contributed by atoms with Crippen molar-refractivity contribution in [2.75, 3.05) is 0 Å². The summed E-state index contributed by atoms with van der Waals surface area (Å²) in [5, 5.41) is 10.2. The number of carbonyl (C=O) groups is 2. The summed E-state index contributed by atoms with van der Waals surface area (Å²) in [5.74, 6) is -0.0926. The summed E-state index contributed by atoms with van der Waals surface area (Å²) in [4.78, 5) is 24.2. The van der Waals surface area contributed by atoms with Gasteiger partial charge in [0.15, 0.2) is 11.9 Å². The Bertz CT molecular complexity index is 535. The maximum Gasteiger partial charge on any atom is 0.191 e. The van der Waals surface area contributed by atoms with Crippen LogP contribution in [0, 0.1) is 0 Å². The lowest BCUT2D eigenvalue weighted by molar-refractivity contribution is -0.188. The van der Waals surface area contributed by atoms with Crippen LogP contribution in [-0.2, 0) is 19.1 Å². The second kappa shape index (κ2) is 5.25. The van der Waals surface area contributed by atoms with Crippen LogP contribution in [0.2, 0.25) is 0 Å².